The summed E-state index contributed by atoms with van der Waals surface area (Å²) in [5.41, 5.74) is -0.361. The van der Waals surface area contributed by atoms with E-state index < -0.39 is 17.7 Å². The van der Waals surface area contributed by atoms with Crippen LogP contribution in [0.3, 0.4) is 0 Å². The van der Waals surface area contributed by atoms with E-state index in [4.69, 9.17) is 0 Å². The molecule has 0 spiro atoms. The number of ether oxygens (including phenoxy) is 1. The molecule has 2 rings (SSSR count). The molecular formula is C13H10F3NO3. The van der Waals surface area contributed by atoms with Crippen molar-refractivity contribution in [2.75, 3.05) is 7.11 Å². The Labute approximate surface area is 112 Å². The molecule has 0 aliphatic heterocycles. The summed E-state index contributed by atoms with van der Waals surface area (Å²) in [6, 6.07) is 6.49. The fourth-order valence-corrected chi connectivity index (χ4v) is 1.72. The number of benzene rings is 1. The van der Waals surface area contributed by atoms with E-state index >= 15 is 0 Å². The molecule has 1 heterocycles. The van der Waals surface area contributed by atoms with Crippen molar-refractivity contribution < 1.29 is 27.9 Å². The number of aromatic nitrogens is 1. The number of hydrogen-bond donors (Lipinski definition) is 1. The number of carbonyl (C=O) groups is 1. The van der Waals surface area contributed by atoms with Crippen molar-refractivity contribution >= 4 is 5.97 Å². The van der Waals surface area contributed by atoms with Crippen molar-refractivity contribution in [2.45, 2.75) is 6.18 Å². The van der Waals surface area contributed by atoms with Gasteiger partial charge in [-0.05, 0) is 18.2 Å². The minimum Gasteiger partial charge on any atom is -0.465 e. The minimum absolute atomic E-state index is 0.0197. The van der Waals surface area contributed by atoms with Gasteiger partial charge >= 0.3 is 12.1 Å². The van der Waals surface area contributed by atoms with Crippen molar-refractivity contribution in [3.63, 3.8) is 0 Å². The van der Waals surface area contributed by atoms with Crippen LogP contribution in [0.25, 0.3) is 11.3 Å². The highest BCUT2D eigenvalue weighted by Gasteiger charge is 2.33. The lowest BCUT2D eigenvalue weighted by atomic mass is 10.1. The van der Waals surface area contributed by atoms with Crippen LogP contribution < -0.4 is 0 Å². The van der Waals surface area contributed by atoms with Gasteiger partial charge in [0.15, 0.2) is 0 Å². The first-order valence-corrected chi connectivity index (χ1v) is 5.50. The Bertz CT molecular complexity index is 629. The molecule has 0 amide bonds. The molecule has 0 aliphatic rings. The third kappa shape index (κ3) is 2.61. The summed E-state index contributed by atoms with van der Waals surface area (Å²) >= 11 is 0. The average molecular weight is 285 g/mol. The highest BCUT2D eigenvalue weighted by molar-refractivity contribution is 5.89. The Kier molecular flexibility index (Phi) is 3.44. The molecule has 0 bridgehead atoms. The zero-order chi connectivity index (χ0) is 14.9. The molecular weight excluding hydrogens is 275 g/mol. The second-order valence-electron chi connectivity index (χ2n) is 4.03. The smallest absolute Gasteiger partial charge is 0.418 e. The normalized spacial score (nSPS) is 11.4. The van der Waals surface area contributed by atoms with Gasteiger partial charge in [-0.25, -0.2) is 4.79 Å². The third-order valence-electron chi connectivity index (χ3n) is 2.73. The van der Waals surface area contributed by atoms with Crippen molar-refractivity contribution in [3.05, 3.63) is 47.7 Å². The zero-order valence-electron chi connectivity index (χ0n) is 10.3. The first kappa shape index (κ1) is 14.0. The summed E-state index contributed by atoms with van der Waals surface area (Å²) in [7, 11) is 1.23. The van der Waals surface area contributed by atoms with Crippen molar-refractivity contribution in [1.29, 1.82) is 0 Å². The van der Waals surface area contributed by atoms with Gasteiger partial charge in [-0.15, -0.1) is 0 Å². The lowest BCUT2D eigenvalue weighted by Crippen LogP contribution is -2.02. The number of halogens is 3. The molecule has 1 aromatic heterocycles. The summed E-state index contributed by atoms with van der Waals surface area (Å²) < 4.78 is 42.5. The highest BCUT2D eigenvalue weighted by atomic mass is 19.4. The molecule has 0 fully saturated rings. The van der Waals surface area contributed by atoms with Crippen LogP contribution in [0.5, 0.6) is 0 Å². The molecule has 0 radical (unpaired) electrons. The Morgan fingerprint density at radius 2 is 1.85 bits per heavy atom. The van der Waals surface area contributed by atoms with Crippen molar-refractivity contribution in [1.82, 2.24) is 4.73 Å². The first-order chi connectivity index (χ1) is 9.32. The minimum atomic E-state index is -4.53. The van der Waals surface area contributed by atoms with Gasteiger partial charge in [0.1, 0.15) is 0 Å². The number of nitrogens with zero attached hydrogens (tertiary/aromatic N) is 1. The Morgan fingerprint density at radius 1 is 1.25 bits per heavy atom. The van der Waals surface area contributed by atoms with Crippen LogP contribution in [0.4, 0.5) is 13.2 Å². The van der Waals surface area contributed by atoms with E-state index in [0.717, 1.165) is 6.07 Å². The number of methoxy groups -OCH3 is 1. The first-order valence-electron chi connectivity index (χ1n) is 5.50. The van der Waals surface area contributed by atoms with Gasteiger partial charge in [0, 0.05) is 5.56 Å². The lowest BCUT2D eigenvalue weighted by Gasteiger charge is -2.03. The van der Waals surface area contributed by atoms with Gasteiger partial charge in [-0.1, -0.05) is 12.1 Å². The van der Waals surface area contributed by atoms with Crippen molar-refractivity contribution in [3.8, 4) is 11.3 Å². The van der Waals surface area contributed by atoms with Gasteiger partial charge in [-0.3, -0.25) is 0 Å². The Balaban J connectivity index is 2.37. The summed E-state index contributed by atoms with van der Waals surface area (Å²) in [5.74, 6) is -0.549. The Hall–Kier alpha value is -2.44. The molecule has 0 saturated carbocycles. The van der Waals surface area contributed by atoms with Crippen molar-refractivity contribution in [2.24, 2.45) is 0 Å². The molecule has 0 saturated heterocycles. The van der Waals surface area contributed by atoms with Crippen LogP contribution in [-0.4, -0.2) is 23.0 Å². The standard InChI is InChI=1S/C13H10F3NO3/c1-20-12(18)9-4-2-8(3-5-9)11-6-10(7-17(11)19)13(14,15)16/h2-7,19H,1H3. The van der Waals surface area contributed by atoms with E-state index in [2.05, 4.69) is 4.74 Å². The largest absolute Gasteiger partial charge is 0.465 e. The maximum atomic E-state index is 12.5. The molecule has 4 nitrogen and oxygen atoms in total. The maximum Gasteiger partial charge on any atom is 0.418 e. The van der Waals surface area contributed by atoms with E-state index in [9.17, 15) is 23.2 Å². The van der Waals surface area contributed by atoms with Crippen LogP contribution in [-0.2, 0) is 10.9 Å². The molecule has 0 unspecified atom stereocenters. The number of rotatable bonds is 2. The molecule has 1 aromatic carbocycles. The highest BCUT2D eigenvalue weighted by Crippen LogP contribution is 2.33. The SMILES string of the molecule is COC(=O)c1ccc(-c2cc(C(F)(F)F)cn2O)cc1. The quantitative estimate of drug-likeness (QED) is 0.681. The van der Waals surface area contributed by atoms with Gasteiger partial charge < -0.3 is 9.94 Å². The number of esters is 1. The fraction of sp³-hybridized carbons (Fsp3) is 0.154. The van der Waals surface area contributed by atoms with Gasteiger partial charge in [0.25, 0.3) is 0 Å². The molecule has 20 heavy (non-hydrogen) atoms. The van der Waals surface area contributed by atoms with E-state index in [1.807, 2.05) is 0 Å². The van der Waals surface area contributed by atoms with Crippen LogP contribution in [0.15, 0.2) is 36.5 Å². The fourth-order valence-electron chi connectivity index (χ4n) is 1.72. The van der Waals surface area contributed by atoms with Crippen LogP contribution >= 0.6 is 0 Å². The van der Waals surface area contributed by atoms with E-state index in [0.29, 0.717) is 16.5 Å². The van der Waals surface area contributed by atoms with Crippen LogP contribution in [0.1, 0.15) is 15.9 Å². The topological polar surface area (TPSA) is 51.5 Å². The van der Waals surface area contributed by atoms with E-state index in [-0.39, 0.29) is 11.3 Å². The molecule has 7 heteroatoms. The number of carbonyl (C=O) groups excluding carboxylic acids is 1. The van der Waals surface area contributed by atoms with Gasteiger partial charge in [0.2, 0.25) is 0 Å². The molecule has 0 atom stereocenters. The Morgan fingerprint density at radius 3 is 2.30 bits per heavy atom. The summed E-state index contributed by atoms with van der Waals surface area (Å²) in [6.45, 7) is 0. The third-order valence-corrected chi connectivity index (χ3v) is 2.73. The average Bonchev–Trinajstić information content (AvgIpc) is 2.80. The monoisotopic (exact) mass is 285 g/mol. The zero-order valence-corrected chi connectivity index (χ0v) is 10.3. The van der Waals surface area contributed by atoms with Crippen LogP contribution in [0.2, 0.25) is 0 Å². The molecule has 0 aliphatic carbocycles. The predicted octanol–water partition coefficient (Wildman–Crippen LogP) is 3.20. The molecule has 1 N–H and O–H groups in total. The summed E-state index contributed by atoms with van der Waals surface area (Å²) in [5, 5.41) is 9.50. The second kappa shape index (κ2) is 4.92. The predicted molar refractivity (Wildman–Crippen MR) is 63.4 cm³/mol. The van der Waals surface area contributed by atoms with Crippen LogP contribution in [0, 0.1) is 0 Å². The lowest BCUT2D eigenvalue weighted by molar-refractivity contribution is -0.137. The summed E-state index contributed by atoms with van der Waals surface area (Å²) in [4.78, 5) is 11.2. The van der Waals surface area contributed by atoms with E-state index in [1.54, 1.807) is 0 Å². The van der Waals surface area contributed by atoms with Gasteiger partial charge in [-0.2, -0.15) is 17.9 Å². The second-order valence-corrected chi connectivity index (χ2v) is 4.03. The van der Waals surface area contributed by atoms with E-state index in [1.165, 1.54) is 31.4 Å². The number of alkyl halides is 3. The molecule has 2 aromatic rings. The number of hydrogen-bond acceptors (Lipinski definition) is 3. The van der Waals surface area contributed by atoms with Gasteiger partial charge in [0.05, 0.1) is 30.1 Å². The summed E-state index contributed by atoms with van der Waals surface area (Å²) in [6.07, 6.45) is -3.95. The molecule has 106 valence electrons. The maximum absolute atomic E-state index is 12.5.